The van der Waals surface area contributed by atoms with Crippen molar-refractivity contribution < 1.29 is 8.42 Å². The minimum Gasteiger partial charge on any atom is -0.353 e. The maximum absolute atomic E-state index is 13.4. The average molecular weight is 574 g/mol. The molecule has 1 saturated heterocycles. The number of anilines is 1. The van der Waals surface area contributed by atoms with Gasteiger partial charge in [-0.1, -0.05) is 53.5 Å². The van der Waals surface area contributed by atoms with Gasteiger partial charge in [-0.25, -0.2) is 18.4 Å². The lowest BCUT2D eigenvalue weighted by Crippen LogP contribution is -2.49. The Kier molecular flexibility index (Phi) is 6.88. The number of thiophene rings is 1. The number of halogens is 2. The molecule has 192 valence electrons. The molecule has 0 N–H and O–H groups in total. The highest BCUT2D eigenvalue weighted by atomic mass is 35.5. The van der Waals surface area contributed by atoms with E-state index >= 15 is 0 Å². The van der Waals surface area contributed by atoms with Crippen molar-refractivity contribution in [3.8, 4) is 0 Å². The molecule has 1 fully saturated rings. The van der Waals surface area contributed by atoms with Crippen molar-refractivity contribution >= 4 is 60.6 Å². The van der Waals surface area contributed by atoms with Gasteiger partial charge in [0.25, 0.3) is 0 Å². The summed E-state index contributed by atoms with van der Waals surface area (Å²) in [6.07, 6.45) is 5.19. The summed E-state index contributed by atoms with van der Waals surface area (Å²) in [5.41, 5.74) is 2.55. The summed E-state index contributed by atoms with van der Waals surface area (Å²) in [4.78, 5) is 14.8. The van der Waals surface area contributed by atoms with Gasteiger partial charge in [0.05, 0.1) is 10.4 Å². The SMILES string of the molecule is O=S(=O)(c1cc(Cl)ccc1Cl)N1CCN(c2nc(Cc3ccccc3)nc3sc4c(c23)CCCC4)CC1. The van der Waals surface area contributed by atoms with Gasteiger partial charge in [0.1, 0.15) is 21.4 Å². The van der Waals surface area contributed by atoms with Crippen LogP contribution in [0.4, 0.5) is 5.82 Å². The first-order valence-corrected chi connectivity index (χ1v) is 15.5. The lowest BCUT2D eigenvalue weighted by atomic mass is 9.97. The van der Waals surface area contributed by atoms with Crippen molar-refractivity contribution in [1.29, 1.82) is 0 Å². The van der Waals surface area contributed by atoms with Gasteiger partial charge >= 0.3 is 0 Å². The van der Waals surface area contributed by atoms with Gasteiger partial charge in [-0.3, -0.25) is 0 Å². The molecular formula is C27H26Cl2N4O2S2. The fraction of sp³-hybridized carbons (Fsp3) is 0.333. The van der Waals surface area contributed by atoms with Gasteiger partial charge in [0.2, 0.25) is 10.0 Å². The number of hydrogen-bond acceptors (Lipinski definition) is 6. The smallest absolute Gasteiger partial charge is 0.244 e. The van der Waals surface area contributed by atoms with Crippen LogP contribution in [-0.2, 0) is 29.3 Å². The van der Waals surface area contributed by atoms with Crippen LogP contribution in [0, 0.1) is 0 Å². The van der Waals surface area contributed by atoms with Crippen LogP contribution in [0.3, 0.4) is 0 Å². The first kappa shape index (κ1) is 25.1. The number of rotatable bonds is 5. The third kappa shape index (κ3) is 4.86. The van der Waals surface area contributed by atoms with Gasteiger partial charge in [0.15, 0.2) is 0 Å². The highest BCUT2D eigenvalue weighted by molar-refractivity contribution is 7.89. The summed E-state index contributed by atoms with van der Waals surface area (Å²) in [7, 11) is -3.76. The van der Waals surface area contributed by atoms with Crippen LogP contribution in [0.1, 0.15) is 34.7 Å². The van der Waals surface area contributed by atoms with Gasteiger partial charge in [-0.2, -0.15) is 4.31 Å². The van der Waals surface area contributed by atoms with Gasteiger partial charge in [-0.15, -0.1) is 11.3 Å². The quantitative estimate of drug-likeness (QED) is 0.294. The Balaban J connectivity index is 1.33. The summed E-state index contributed by atoms with van der Waals surface area (Å²) in [6, 6.07) is 14.8. The number of sulfonamides is 1. The monoisotopic (exact) mass is 572 g/mol. The molecule has 3 heterocycles. The number of aryl methyl sites for hydroxylation is 2. The van der Waals surface area contributed by atoms with Crippen molar-refractivity contribution in [3.05, 3.63) is 80.4 Å². The number of benzene rings is 2. The van der Waals surface area contributed by atoms with Crippen molar-refractivity contribution in [2.45, 2.75) is 37.0 Å². The maximum atomic E-state index is 13.4. The van der Waals surface area contributed by atoms with Crippen LogP contribution in [0.5, 0.6) is 0 Å². The molecule has 1 aliphatic heterocycles. The van der Waals surface area contributed by atoms with Gasteiger partial charge in [-0.05, 0) is 55.0 Å². The minimum atomic E-state index is -3.76. The van der Waals surface area contributed by atoms with Crippen LogP contribution < -0.4 is 4.90 Å². The molecule has 6 nitrogen and oxygen atoms in total. The predicted molar refractivity (Wildman–Crippen MR) is 151 cm³/mol. The molecule has 2 aliphatic rings. The van der Waals surface area contributed by atoms with Crippen molar-refractivity contribution in [1.82, 2.24) is 14.3 Å². The number of nitrogens with zero attached hydrogens (tertiary/aromatic N) is 4. The van der Waals surface area contributed by atoms with E-state index in [9.17, 15) is 8.42 Å². The van der Waals surface area contributed by atoms with Crippen molar-refractivity contribution in [2.75, 3.05) is 31.1 Å². The average Bonchev–Trinajstić information content (AvgIpc) is 3.28. The Morgan fingerprint density at radius 1 is 0.919 bits per heavy atom. The summed E-state index contributed by atoms with van der Waals surface area (Å²) in [6.45, 7) is 1.77. The van der Waals surface area contributed by atoms with E-state index < -0.39 is 10.0 Å². The molecule has 0 bridgehead atoms. The highest BCUT2D eigenvalue weighted by Gasteiger charge is 2.32. The lowest BCUT2D eigenvalue weighted by Gasteiger charge is -2.35. The first-order valence-electron chi connectivity index (χ1n) is 12.5. The van der Waals surface area contributed by atoms with E-state index in [0.717, 1.165) is 34.7 Å². The molecule has 0 saturated carbocycles. The van der Waals surface area contributed by atoms with E-state index in [4.69, 9.17) is 33.2 Å². The summed E-state index contributed by atoms with van der Waals surface area (Å²) in [5, 5.41) is 1.68. The lowest BCUT2D eigenvalue weighted by molar-refractivity contribution is 0.384. The first-order chi connectivity index (χ1) is 17.9. The molecule has 37 heavy (non-hydrogen) atoms. The van der Waals surface area contributed by atoms with Crippen LogP contribution in [-0.4, -0.2) is 48.9 Å². The minimum absolute atomic E-state index is 0.0524. The molecule has 0 atom stereocenters. The molecule has 2 aromatic carbocycles. The zero-order chi connectivity index (χ0) is 25.6. The zero-order valence-corrected chi connectivity index (χ0v) is 23.3. The van der Waals surface area contributed by atoms with Crippen LogP contribution in [0.15, 0.2) is 53.4 Å². The summed E-state index contributed by atoms with van der Waals surface area (Å²) >= 11 is 14.1. The highest BCUT2D eigenvalue weighted by Crippen LogP contribution is 2.40. The third-order valence-corrected chi connectivity index (χ3v) is 10.9. The fourth-order valence-electron chi connectivity index (χ4n) is 5.22. The topological polar surface area (TPSA) is 66.4 Å². The molecule has 0 radical (unpaired) electrons. The van der Waals surface area contributed by atoms with Crippen molar-refractivity contribution in [3.63, 3.8) is 0 Å². The number of hydrogen-bond donors (Lipinski definition) is 0. The number of aromatic nitrogens is 2. The Bertz CT molecular complexity index is 1570. The normalized spacial score (nSPS) is 16.8. The summed E-state index contributed by atoms with van der Waals surface area (Å²) < 4.78 is 28.2. The molecule has 0 spiro atoms. The number of piperazine rings is 1. The van der Waals surface area contributed by atoms with Crippen LogP contribution >= 0.6 is 34.5 Å². The van der Waals surface area contributed by atoms with Gasteiger partial charge < -0.3 is 4.90 Å². The molecule has 0 amide bonds. The second kappa shape index (κ2) is 10.2. The Morgan fingerprint density at radius 3 is 2.46 bits per heavy atom. The van der Waals surface area contributed by atoms with E-state index in [-0.39, 0.29) is 9.92 Å². The van der Waals surface area contributed by atoms with Crippen LogP contribution in [0.25, 0.3) is 10.2 Å². The molecule has 4 aromatic rings. The molecule has 0 unspecified atom stereocenters. The second-order valence-electron chi connectivity index (χ2n) is 9.48. The molecule has 2 aromatic heterocycles. The Hall–Kier alpha value is -2.23. The molecule has 10 heteroatoms. The van der Waals surface area contributed by atoms with Gasteiger partial charge in [0, 0.05) is 42.5 Å². The number of fused-ring (bicyclic) bond motifs is 3. The Morgan fingerprint density at radius 2 is 1.68 bits per heavy atom. The Labute approximate surface area is 230 Å². The van der Waals surface area contributed by atoms with E-state index in [2.05, 4.69) is 17.0 Å². The third-order valence-electron chi connectivity index (χ3n) is 7.10. The van der Waals surface area contributed by atoms with Crippen LogP contribution in [0.2, 0.25) is 10.0 Å². The fourth-order valence-corrected chi connectivity index (χ4v) is 8.66. The maximum Gasteiger partial charge on any atom is 0.244 e. The predicted octanol–water partition coefficient (Wildman–Crippen LogP) is 5.98. The van der Waals surface area contributed by atoms with E-state index in [1.54, 1.807) is 17.4 Å². The van der Waals surface area contributed by atoms with E-state index in [1.165, 1.54) is 45.3 Å². The zero-order valence-electron chi connectivity index (χ0n) is 20.2. The van der Waals surface area contributed by atoms with E-state index in [0.29, 0.717) is 37.6 Å². The van der Waals surface area contributed by atoms with Crippen molar-refractivity contribution in [2.24, 2.45) is 0 Å². The molecule has 6 rings (SSSR count). The van der Waals surface area contributed by atoms with E-state index in [1.807, 2.05) is 18.2 Å². The largest absolute Gasteiger partial charge is 0.353 e. The molecular weight excluding hydrogens is 547 g/mol. The standard InChI is InChI=1S/C27H26Cl2N4O2S2/c28-19-10-11-21(29)23(17-19)37(34,35)33-14-12-32(13-15-33)26-25-20-8-4-5-9-22(20)36-27(25)31-24(30-26)16-18-6-2-1-3-7-18/h1-3,6-7,10-11,17H,4-5,8-9,12-16H2. The molecule has 1 aliphatic carbocycles. The second-order valence-corrected chi connectivity index (χ2v) is 13.3. The summed E-state index contributed by atoms with van der Waals surface area (Å²) in [5.74, 6) is 1.74.